The highest BCUT2D eigenvalue weighted by Gasteiger charge is 2.24. The molecule has 6 heteroatoms. The van der Waals surface area contributed by atoms with Crippen LogP contribution >= 0.6 is 0 Å². The van der Waals surface area contributed by atoms with E-state index in [9.17, 15) is 9.59 Å². The van der Waals surface area contributed by atoms with Gasteiger partial charge in [0.05, 0.1) is 0 Å². The summed E-state index contributed by atoms with van der Waals surface area (Å²) < 4.78 is 0. The lowest BCUT2D eigenvalue weighted by Gasteiger charge is -2.23. The molecule has 1 saturated heterocycles. The molecule has 0 radical (unpaired) electrons. The van der Waals surface area contributed by atoms with Crippen molar-refractivity contribution in [1.82, 2.24) is 10.2 Å². The number of likely N-dealkylation sites (tertiary alicyclic amines) is 1. The predicted octanol–water partition coefficient (Wildman–Crippen LogP) is 1.43. The van der Waals surface area contributed by atoms with Crippen LogP contribution in [0.4, 0.5) is 4.79 Å². The molecule has 6 nitrogen and oxygen atoms in total. The number of nitrogens with zero attached hydrogens (tertiary/aromatic N) is 1. The highest BCUT2D eigenvalue weighted by molar-refractivity contribution is 5.82. The Bertz CT molecular complexity index is 322. The van der Waals surface area contributed by atoms with E-state index in [1.54, 1.807) is 4.90 Å². The van der Waals surface area contributed by atoms with Gasteiger partial charge in [0, 0.05) is 26.1 Å². The molecular weight excluding hydrogens is 260 g/mol. The molecular formula is C14H26N2O4. The Balaban J connectivity index is 2.48. The number of aliphatic carboxylic acids is 1. The lowest BCUT2D eigenvalue weighted by atomic mass is 9.96. The zero-order valence-electron chi connectivity index (χ0n) is 12.2. The molecule has 3 N–H and O–H groups in total. The Hall–Kier alpha value is -1.30. The number of carboxylic acid groups (broad SMARTS) is 1. The molecule has 0 spiro atoms. The summed E-state index contributed by atoms with van der Waals surface area (Å²) in [5.74, 6) is -0.434. The monoisotopic (exact) mass is 286 g/mol. The third-order valence-corrected chi connectivity index (χ3v) is 3.85. The zero-order valence-corrected chi connectivity index (χ0v) is 12.2. The van der Waals surface area contributed by atoms with Gasteiger partial charge in [-0.05, 0) is 25.2 Å². The Morgan fingerprint density at radius 2 is 2.10 bits per heavy atom. The van der Waals surface area contributed by atoms with Crippen LogP contribution < -0.4 is 5.32 Å². The molecule has 1 heterocycles. The van der Waals surface area contributed by atoms with Gasteiger partial charge < -0.3 is 20.4 Å². The molecule has 0 aliphatic carbocycles. The molecule has 0 aromatic heterocycles. The maximum atomic E-state index is 12.1. The molecule has 1 unspecified atom stereocenters. The first-order valence-electron chi connectivity index (χ1n) is 7.47. The van der Waals surface area contributed by atoms with Crippen molar-refractivity contribution in [2.45, 2.75) is 51.5 Å². The van der Waals surface area contributed by atoms with Crippen molar-refractivity contribution in [2.24, 2.45) is 5.92 Å². The number of urea groups is 1. The van der Waals surface area contributed by atoms with Gasteiger partial charge in [0.25, 0.3) is 0 Å². The van der Waals surface area contributed by atoms with Gasteiger partial charge in [-0.25, -0.2) is 9.59 Å². The highest BCUT2D eigenvalue weighted by atomic mass is 16.4. The van der Waals surface area contributed by atoms with Crippen molar-refractivity contribution in [1.29, 1.82) is 0 Å². The van der Waals surface area contributed by atoms with Gasteiger partial charge in [-0.15, -0.1) is 0 Å². The van der Waals surface area contributed by atoms with Crippen LogP contribution in [0.3, 0.4) is 0 Å². The molecule has 1 fully saturated rings. The van der Waals surface area contributed by atoms with Crippen LogP contribution in [0, 0.1) is 5.92 Å². The van der Waals surface area contributed by atoms with Crippen molar-refractivity contribution in [3.8, 4) is 0 Å². The number of rotatable bonds is 6. The van der Waals surface area contributed by atoms with Crippen LogP contribution in [-0.4, -0.2) is 52.9 Å². The van der Waals surface area contributed by atoms with Crippen molar-refractivity contribution in [3.63, 3.8) is 0 Å². The molecule has 0 aromatic rings. The maximum absolute atomic E-state index is 12.1. The molecule has 0 bridgehead atoms. The standard InChI is InChI=1S/C14H26N2O4/c1-2-4-11-5-3-8-16(9-6-11)14(20)15-12(7-10-17)13(18)19/h11-12,17H,2-10H2,1H3,(H,15,20)(H,18,19)/t11?,12-/m0/s1. The summed E-state index contributed by atoms with van der Waals surface area (Å²) in [6.45, 7) is 3.27. The van der Waals surface area contributed by atoms with Gasteiger partial charge in [-0.3, -0.25) is 0 Å². The number of carbonyl (C=O) groups excluding carboxylic acids is 1. The maximum Gasteiger partial charge on any atom is 0.326 e. The molecule has 2 atom stereocenters. The number of carboxylic acids is 1. The van der Waals surface area contributed by atoms with Crippen LogP contribution in [0.1, 0.15) is 45.4 Å². The van der Waals surface area contributed by atoms with Gasteiger partial charge in [-0.2, -0.15) is 0 Å². The van der Waals surface area contributed by atoms with Crippen LogP contribution in [0.5, 0.6) is 0 Å². The number of carbonyl (C=O) groups is 2. The third kappa shape index (κ3) is 5.36. The number of aliphatic hydroxyl groups excluding tert-OH is 1. The predicted molar refractivity (Wildman–Crippen MR) is 75.5 cm³/mol. The molecule has 116 valence electrons. The van der Waals surface area contributed by atoms with E-state index < -0.39 is 12.0 Å². The average Bonchev–Trinajstić information content (AvgIpc) is 2.64. The van der Waals surface area contributed by atoms with Gasteiger partial charge in [-0.1, -0.05) is 19.8 Å². The molecule has 1 aliphatic heterocycles. The summed E-state index contributed by atoms with van der Waals surface area (Å²) >= 11 is 0. The van der Waals surface area contributed by atoms with E-state index in [1.165, 1.54) is 6.42 Å². The van der Waals surface area contributed by atoms with Crippen LogP contribution in [0.15, 0.2) is 0 Å². The fourth-order valence-corrected chi connectivity index (χ4v) is 2.69. The second-order valence-electron chi connectivity index (χ2n) is 5.43. The topological polar surface area (TPSA) is 89.9 Å². The molecule has 0 saturated carbocycles. The molecule has 20 heavy (non-hydrogen) atoms. The van der Waals surface area contributed by atoms with E-state index in [4.69, 9.17) is 10.2 Å². The van der Waals surface area contributed by atoms with Crippen LogP contribution in [-0.2, 0) is 4.79 Å². The molecule has 1 rings (SSSR count). The average molecular weight is 286 g/mol. The second kappa shape index (κ2) is 8.79. The Morgan fingerprint density at radius 1 is 1.35 bits per heavy atom. The van der Waals surface area contributed by atoms with Gasteiger partial charge in [0.2, 0.25) is 0 Å². The van der Waals surface area contributed by atoms with Crippen molar-refractivity contribution in [2.75, 3.05) is 19.7 Å². The van der Waals surface area contributed by atoms with Crippen LogP contribution in [0.25, 0.3) is 0 Å². The minimum atomic E-state index is -1.11. The van der Waals surface area contributed by atoms with E-state index in [-0.39, 0.29) is 19.1 Å². The number of hydrogen-bond acceptors (Lipinski definition) is 3. The summed E-state index contributed by atoms with van der Waals surface area (Å²) in [5.41, 5.74) is 0. The lowest BCUT2D eigenvalue weighted by molar-refractivity contribution is -0.139. The first kappa shape index (κ1) is 16.8. The van der Waals surface area contributed by atoms with E-state index in [1.807, 2.05) is 0 Å². The van der Waals surface area contributed by atoms with Crippen LogP contribution in [0.2, 0.25) is 0 Å². The number of aliphatic hydroxyl groups is 1. The van der Waals surface area contributed by atoms with Gasteiger partial charge in [0.15, 0.2) is 0 Å². The zero-order chi connectivity index (χ0) is 15.0. The Kier molecular flexibility index (Phi) is 7.36. The lowest BCUT2D eigenvalue weighted by Crippen LogP contribution is -2.48. The first-order chi connectivity index (χ1) is 9.58. The van der Waals surface area contributed by atoms with E-state index >= 15 is 0 Å². The second-order valence-corrected chi connectivity index (χ2v) is 5.43. The van der Waals surface area contributed by atoms with Crippen molar-refractivity contribution >= 4 is 12.0 Å². The first-order valence-corrected chi connectivity index (χ1v) is 7.47. The fourth-order valence-electron chi connectivity index (χ4n) is 2.69. The molecule has 1 aliphatic rings. The van der Waals surface area contributed by atoms with E-state index in [0.717, 1.165) is 25.7 Å². The smallest absolute Gasteiger partial charge is 0.326 e. The molecule has 2 amide bonds. The largest absolute Gasteiger partial charge is 0.480 e. The number of amides is 2. The normalized spacial score (nSPS) is 21.1. The Labute approximate surface area is 120 Å². The summed E-state index contributed by atoms with van der Waals surface area (Å²) in [6.07, 6.45) is 5.48. The van der Waals surface area contributed by atoms with Crippen molar-refractivity contribution < 1.29 is 19.8 Å². The summed E-state index contributed by atoms with van der Waals surface area (Å²) in [6, 6.07) is -1.34. The number of nitrogens with one attached hydrogen (secondary N) is 1. The summed E-state index contributed by atoms with van der Waals surface area (Å²) in [4.78, 5) is 24.7. The highest BCUT2D eigenvalue weighted by Crippen LogP contribution is 2.21. The quantitative estimate of drug-likeness (QED) is 0.689. The van der Waals surface area contributed by atoms with Gasteiger partial charge >= 0.3 is 12.0 Å². The third-order valence-electron chi connectivity index (χ3n) is 3.85. The van der Waals surface area contributed by atoms with Crippen molar-refractivity contribution in [3.05, 3.63) is 0 Å². The minimum Gasteiger partial charge on any atom is -0.480 e. The molecule has 0 aromatic carbocycles. The number of hydrogen-bond donors (Lipinski definition) is 3. The van der Waals surface area contributed by atoms with E-state index in [2.05, 4.69) is 12.2 Å². The SMILES string of the molecule is CCCC1CCCN(C(=O)N[C@@H](CCO)C(=O)O)CC1. The summed E-state index contributed by atoms with van der Waals surface area (Å²) in [7, 11) is 0. The Morgan fingerprint density at radius 3 is 2.70 bits per heavy atom. The fraction of sp³-hybridized carbons (Fsp3) is 0.857. The summed E-state index contributed by atoms with van der Waals surface area (Å²) in [5, 5.41) is 20.3. The minimum absolute atomic E-state index is 0.0351. The van der Waals surface area contributed by atoms with E-state index in [0.29, 0.717) is 19.0 Å². The van der Waals surface area contributed by atoms with Gasteiger partial charge in [0.1, 0.15) is 6.04 Å².